The monoisotopic (exact) mass is 228 g/mol. The SMILES string of the molecule is C=O.NNc1ccc([N+](=O)[O-])cc1[N+](=O)[O-]. The summed E-state index contributed by atoms with van der Waals surface area (Å²) in [6.07, 6.45) is 0. The summed E-state index contributed by atoms with van der Waals surface area (Å²) in [7, 11) is 0. The fourth-order valence-corrected chi connectivity index (χ4v) is 0.907. The molecule has 1 aromatic carbocycles. The van der Waals surface area contributed by atoms with Gasteiger partial charge in [-0.2, -0.15) is 0 Å². The van der Waals surface area contributed by atoms with Gasteiger partial charge in [-0.3, -0.25) is 26.1 Å². The van der Waals surface area contributed by atoms with Crippen LogP contribution in [0.3, 0.4) is 0 Å². The van der Waals surface area contributed by atoms with Crippen LogP contribution in [0, 0.1) is 20.2 Å². The highest BCUT2D eigenvalue weighted by Gasteiger charge is 2.18. The molecule has 0 aliphatic carbocycles. The topological polar surface area (TPSA) is 141 Å². The number of nitro groups is 2. The molecule has 0 aliphatic rings. The van der Waals surface area contributed by atoms with E-state index in [4.69, 9.17) is 10.6 Å². The first kappa shape index (κ1) is 13.4. The lowest BCUT2D eigenvalue weighted by Crippen LogP contribution is -2.09. The maximum Gasteiger partial charge on any atom is 0.300 e. The number of nitrogen functional groups attached to an aromatic ring is 1. The van der Waals surface area contributed by atoms with Crippen LogP contribution in [0.15, 0.2) is 18.2 Å². The Balaban J connectivity index is 0.00000106. The Kier molecular flexibility index (Phi) is 5.07. The van der Waals surface area contributed by atoms with Crippen molar-refractivity contribution in [2.45, 2.75) is 0 Å². The summed E-state index contributed by atoms with van der Waals surface area (Å²) >= 11 is 0. The maximum atomic E-state index is 10.4. The van der Waals surface area contributed by atoms with Gasteiger partial charge in [0.05, 0.1) is 15.9 Å². The van der Waals surface area contributed by atoms with Crippen molar-refractivity contribution in [2.24, 2.45) is 5.84 Å². The summed E-state index contributed by atoms with van der Waals surface area (Å²) in [6, 6.07) is 3.15. The van der Waals surface area contributed by atoms with Gasteiger partial charge < -0.3 is 10.2 Å². The summed E-state index contributed by atoms with van der Waals surface area (Å²) in [6.45, 7) is 2.00. The van der Waals surface area contributed by atoms with E-state index < -0.39 is 15.5 Å². The standard InChI is InChI=1S/C6H6N4O4.CH2O/c7-8-5-2-1-4(9(11)12)3-6(5)10(13)14;1-2/h1-3,8H,7H2;1H2. The number of nitro benzene ring substituents is 2. The third-order valence-electron chi connectivity index (χ3n) is 1.54. The Morgan fingerprint density at radius 2 is 1.75 bits per heavy atom. The first-order valence-corrected chi connectivity index (χ1v) is 3.74. The Hall–Kier alpha value is -2.55. The maximum absolute atomic E-state index is 10.4. The Morgan fingerprint density at radius 1 is 1.19 bits per heavy atom. The van der Waals surface area contributed by atoms with Crippen molar-refractivity contribution in [2.75, 3.05) is 5.43 Å². The molecule has 0 atom stereocenters. The number of hydrazine groups is 1. The van der Waals surface area contributed by atoms with Crippen molar-refractivity contribution >= 4 is 23.9 Å². The predicted molar refractivity (Wildman–Crippen MR) is 54.7 cm³/mol. The number of carbonyl (C=O) groups is 1. The van der Waals surface area contributed by atoms with Gasteiger partial charge >= 0.3 is 5.69 Å². The molecule has 1 aromatic rings. The number of rotatable bonds is 3. The van der Waals surface area contributed by atoms with Gasteiger partial charge in [0, 0.05) is 6.07 Å². The lowest BCUT2D eigenvalue weighted by Gasteiger charge is -2.00. The van der Waals surface area contributed by atoms with Crippen LogP contribution in [0.1, 0.15) is 0 Å². The first-order chi connectivity index (χ1) is 7.56. The summed E-state index contributed by atoms with van der Waals surface area (Å²) in [4.78, 5) is 27.3. The number of non-ortho nitro benzene ring substituents is 1. The first-order valence-electron chi connectivity index (χ1n) is 3.74. The Morgan fingerprint density at radius 3 is 2.12 bits per heavy atom. The number of hydrogen-bond donors (Lipinski definition) is 2. The molecule has 0 saturated heterocycles. The van der Waals surface area contributed by atoms with E-state index in [1.54, 1.807) is 0 Å². The molecule has 9 nitrogen and oxygen atoms in total. The summed E-state index contributed by atoms with van der Waals surface area (Å²) in [5, 5.41) is 20.7. The van der Waals surface area contributed by atoms with Crippen molar-refractivity contribution in [1.29, 1.82) is 0 Å². The van der Waals surface area contributed by atoms with Crippen LogP contribution in [0.5, 0.6) is 0 Å². The van der Waals surface area contributed by atoms with E-state index in [0.717, 1.165) is 12.1 Å². The molecular weight excluding hydrogens is 220 g/mol. The van der Waals surface area contributed by atoms with Crippen LogP contribution in [0.2, 0.25) is 0 Å². The number of nitrogens with zero attached hydrogens (tertiary/aromatic N) is 2. The van der Waals surface area contributed by atoms with Crippen molar-refractivity contribution < 1.29 is 14.6 Å². The van der Waals surface area contributed by atoms with E-state index in [-0.39, 0.29) is 11.4 Å². The molecular formula is C7H8N4O5. The molecule has 16 heavy (non-hydrogen) atoms. The average Bonchev–Trinajstić information content (AvgIpc) is 2.30. The summed E-state index contributed by atoms with van der Waals surface area (Å²) < 4.78 is 0. The molecule has 0 bridgehead atoms. The smallest absolute Gasteiger partial charge is 0.300 e. The predicted octanol–water partition coefficient (Wildman–Crippen LogP) is 0.604. The van der Waals surface area contributed by atoms with Crippen LogP contribution in [0.4, 0.5) is 17.1 Å². The number of nitrogens with two attached hydrogens (primary N) is 1. The van der Waals surface area contributed by atoms with Crippen LogP contribution < -0.4 is 11.3 Å². The summed E-state index contributed by atoms with van der Waals surface area (Å²) in [5.74, 6) is 4.99. The van der Waals surface area contributed by atoms with E-state index in [0.29, 0.717) is 0 Å². The van der Waals surface area contributed by atoms with Gasteiger partial charge in [-0.25, -0.2) is 0 Å². The zero-order valence-corrected chi connectivity index (χ0v) is 7.95. The van der Waals surface area contributed by atoms with Gasteiger partial charge in [0.1, 0.15) is 12.5 Å². The molecule has 0 heterocycles. The van der Waals surface area contributed by atoms with Crippen molar-refractivity contribution in [3.8, 4) is 0 Å². The molecule has 0 fully saturated rings. The molecule has 0 aromatic heterocycles. The van der Waals surface area contributed by atoms with Crippen LogP contribution >= 0.6 is 0 Å². The average molecular weight is 228 g/mol. The highest BCUT2D eigenvalue weighted by molar-refractivity contribution is 5.64. The number of hydrogen-bond acceptors (Lipinski definition) is 7. The zero-order chi connectivity index (χ0) is 12.7. The molecule has 0 spiro atoms. The molecule has 1 rings (SSSR count). The van der Waals surface area contributed by atoms with Crippen molar-refractivity contribution in [3.63, 3.8) is 0 Å². The summed E-state index contributed by atoms with van der Waals surface area (Å²) in [5.41, 5.74) is 1.33. The van der Waals surface area contributed by atoms with E-state index >= 15 is 0 Å². The van der Waals surface area contributed by atoms with Gasteiger partial charge in [0.25, 0.3) is 5.69 Å². The Labute approximate surface area is 89.1 Å². The minimum absolute atomic E-state index is 0.0283. The fourth-order valence-electron chi connectivity index (χ4n) is 0.907. The lowest BCUT2D eigenvalue weighted by molar-refractivity contribution is -0.393. The lowest BCUT2D eigenvalue weighted by atomic mass is 10.2. The molecule has 0 amide bonds. The van der Waals surface area contributed by atoms with Gasteiger partial charge in [0.15, 0.2) is 0 Å². The highest BCUT2D eigenvalue weighted by atomic mass is 16.6. The third kappa shape index (κ3) is 2.99. The quantitative estimate of drug-likeness (QED) is 0.438. The largest absolute Gasteiger partial charge is 0.318 e. The van der Waals surface area contributed by atoms with Crippen LogP contribution in [-0.4, -0.2) is 16.6 Å². The molecule has 0 saturated carbocycles. The van der Waals surface area contributed by atoms with Crippen molar-refractivity contribution in [1.82, 2.24) is 0 Å². The third-order valence-corrected chi connectivity index (χ3v) is 1.54. The zero-order valence-electron chi connectivity index (χ0n) is 7.95. The van der Waals surface area contributed by atoms with E-state index in [9.17, 15) is 20.2 Å². The second-order valence-corrected chi connectivity index (χ2v) is 2.36. The molecule has 9 heteroatoms. The van der Waals surface area contributed by atoms with Crippen LogP contribution in [0.25, 0.3) is 0 Å². The molecule has 0 aliphatic heterocycles. The van der Waals surface area contributed by atoms with Crippen molar-refractivity contribution in [3.05, 3.63) is 38.4 Å². The second kappa shape index (κ2) is 6.03. The van der Waals surface area contributed by atoms with Gasteiger partial charge in [-0.1, -0.05) is 0 Å². The van der Waals surface area contributed by atoms with Gasteiger partial charge in [-0.15, -0.1) is 0 Å². The number of benzene rings is 1. The number of nitrogens with one attached hydrogen (secondary N) is 1. The highest BCUT2D eigenvalue weighted by Crippen LogP contribution is 2.27. The fraction of sp³-hybridized carbons (Fsp3) is 0. The molecule has 0 radical (unpaired) electrons. The minimum Gasteiger partial charge on any atom is -0.318 e. The normalized spacial score (nSPS) is 8.56. The van der Waals surface area contributed by atoms with E-state index in [1.807, 2.05) is 6.79 Å². The minimum atomic E-state index is -0.748. The Bertz CT molecular complexity index is 408. The van der Waals surface area contributed by atoms with E-state index in [1.165, 1.54) is 6.07 Å². The van der Waals surface area contributed by atoms with Gasteiger partial charge in [0.2, 0.25) is 0 Å². The van der Waals surface area contributed by atoms with Gasteiger partial charge in [-0.05, 0) is 6.07 Å². The number of carbonyl (C=O) groups excluding carboxylic acids is 1. The molecule has 86 valence electrons. The molecule has 0 unspecified atom stereocenters. The second-order valence-electron chi connectivity index (χ2n) is 2.36. The number of anilines is 1. The van der Waals surface area contributed by atoms with Crippen LogP contribution in [-0.2, 0) is 4.79 Å². The van der Waals surface area contributed by atoms with E-state index in [2.05, 4.69) is 5.43 Å². The molecule has 3 N–H and O–H groups in total.